The van der Waals surface area contributed by atoms with E-state index in [1.807, 2.05) is 4.90 Å². The molecular weight excluding hydrogens is 476 g/mol. The number of hydrogen-bond donors (Lipinski definition) is 1. The number of rotatable bonds is 10. The number of carbonyl (C=O) groups is 2. The van der Waals surface area contributed by atoms with Crippen molar-refractivity contribution in [3.05, 3.63) is 11.2 Å². The number of aromatic nitrogens is 2. The largest absolute Gasteiger partial charge is 0.379 e. The van der Waals surface area contributed by atoms with Crippen molar-refractivity contribution in [2.24, 2.45) is 5.92 Å². The van der Waals surface area contributed by atoms with Crippen molar-refractivity contribution < 1.29 is 14.3 Å². The smallest absolute Gasteiger partial charge is 0.230 e. The third-order valence-corrected chi connectivity index (χ3v) is 6.97. The Kier molecular flexibility index (Phi) is 10.7. The van der Waals surface area contributed by atoms with Gasteiger partial charge in [0.2, 0.25) is 11.8 Å². The van der Waals surface area contributed by atoms with Gasteiger partial charge in [0, 0.05) is 57.8 Å². The lowest BCUT2D eigenvalue weighted by molar-refractivity contribution is -0.134. The number of thioether (sulfide) groups is 1. The maximum absolute atomic E-state index is 12.5. The molecular formula is C23H37ClN6O3S. The van der Waals surface area contributed by atoms with Crippen LogP contribution in [-0.4, -0.2) is 102 Å². The highest BCUT2D eigenvalue weighted by Crippen LogP contribution is 2.24. The van der Waals surface area contributed by atoms with E-state index < -0.39 is 0 Å². The molecule has 0 aromatic carbocycles. The Hall–Kier alpha value is -1.62. The third kappa shape index (κ3) is 8.55. The molecule has 2 aliphatic heterocycles. The van der Waals surface area contributed by atoms with Crippen LogP contribution in [0.2, 0.25) is 5.15 Å². The molecule has 1 N–H and O–H groups in total. The number of anilines is 1. The molecule has 9 nitrogen and oxygen atoms in total. The molecule has 2 fully saturated rings. The monoisotopic (exact) mass is 512 g/mol. The first-order valence-corrected chi connectivity index (χ1v) is 13.5. The molecule has 3 heterocycles. The van der Waals surface area contributed by atoms with Gasteiger partial charge in [-0.15, -0.1) is 0 Å². The first-order valence-electron chi connectivity index (χ1n) is 12.1. The maximum atomic E-state index is 12.5. The van der Waals surface area contributed by atoms with E-state index in [0.717, 1.165) is 45.1 Å². The van der Waals surface area contributed by atoms with Crippen molar-refractivity contribution >= 4 is 41.0 Å². The van der Waals surface area contributed by atoms with Crippen molar-refractivity contribution in [3.8, 4) is 0 Å². The minimum absolute atomic E-state index is 0.0389. The van der Waals surface area contributed by atoms with Gasteiger partial charge in [-0.25, -0.2) is 9.97 Å². The van der Waals surface area contributed by atoms with Crippen LogP contribution in [0.15, 0.2) is 11.2 Å². The van der Waals surface area contributed by atoms with Crippen molar-refractivity contribution in [2.45, 2.75) is 44.8 Å². The van der Waals surface area contributed by atoms with E-state index in [9.17, 15) is 9.59 Å². The molecule has 2 amide bonds. The van der Waals surface area contributed by atoms with E-state index in [4.69, 9.17) is 16.3 Å². The lowest BCUT2D eigenvalue weighted by Crippen LogP contribution is -2.54. The van der Waals surface area contributed by atoms with E-state index in [1.54, 1.807) is 6.07 Å². The minimum Gasteiger partial charge on any atom is -0.379 e. The molecule has 0 bridgehead atoms. The molecule has 0 spiro atoms. The normalized spacial score (nSPS) is 19.5. The molecule has 1 unspecified atom stereocenters. The Balaban J connectivity index is 1.44. The van der Waals surface area contributed by atoms with Crippen molar-refractivity contribution in [1.29, 1.82) is 0 Å². The fourth-order valence-electron chi connectivity index (χ4n) is 4.15. The summed E-state index contributed by atoms with van der Waals surface area (Å²) in [7, 11) is 0. The van der Waals surface area contributed by atoms with Crippen LogP contribution in [0.5, 0.6) is 0 Å². The van der Waals surface area contributed by atoms with Crippen LogP contribution in [0.1, 0.15) is 33.6 Å². The lowest BCUT2D eigenvalue weighted by atomic mass is 10.1. The minimum atomic E-state index is -0.0389. The summed E-state index contributed by atoms with van der Waals surface area (Å²) < 4.78 is 5.35. The number of hydrogen-bond acceptors (Lipinski definition) is 8. The molecule has 1 atom stereocenters. The number of ether oxygens (including phenoxy) is 1. The van der Waals surface area contributed by atoms with Crippen LogP contribution in [0, 0.1) is 5.92 Å². The fourth-order valence-corrected chi connectivity index (χ4v) is 5.06. The Bertz CT molecular complexity index is 824. The van der Waals surface area contributed by atoms with Crippen molar-refractivity contribution in [3.63, 3.8) is 0 Å². The quantitative estimate of drug-likeness (QED) is 0.221. The average molecular weight is 513 g/mol. The average Bonchev–Trinajstić information content (AvgIpc) is 2.80. The van der Waals surface area contributed by atoms with Crippen LogP contribution < -0.4 is 10.2 Å². The number of amides is 2. The van der Waals surface area contributed by atoms with Crippen LogP contribution in [-0.2, 0) is 14.3 Å². The predicted octanol–water partition coefficient (Wildman–Crippen LogP) is 2.14. The number of halogens is 1. The standard InChI is InChI=1S/C23H37ClN6O3S/c1-17(2)13-22(32)30-8-7-29(15-18(30)3)20-14-19(24)26-23(27-20)34-16-21(31)25-5-4-6-28-9-11-33-12-10-28/h14,17-18H,4-13,15-16H2,1-3H3,(H,25,31). The summed E-state index contributed by atoms with van der Waals surface area (Å²) >= 11 is 7.55. The van der Waals surface area contributed by atoms with Crippen LogP contribution in [0.3, 0.4) is 0 Å². The Morgan fingerprint density at radius 1 is 1.24 bits per heavy atom. The van der Waals surface area contributed by atoms with Crippen LogP contribution in [0.25, 0.3) is 0 Å². The highest BCUT2D eigenvalue weighted by Gasteiger charge is 2.28. The summed E-state index contributed by atoms with van der Waals surface area (Å²) in [5.41, 5.74) is 0. The summed E-state index contributed by atoms with van der Waals surface area (Å²) in [4.78, 5) is 40.1. The molecule has 0 radical (unpaired) electrons. The van der Waals surface area contributed by atoms with Gasteiger partial charge in [0.1, 0.15) is 11.0 Å². The van der Waals surface area contributed by atoms with Gasteiger partial charge in [-0.3, -0.25) is 14.5 Å². The molecule has 0 aliphatic carbocycles. The molecule has 2 aliphatic rings. The number of nitrogens with one attached hydrogen (secondary N) is 1. The number of carbonyl (C=O) groups excluding carboxylic acids is 2. The first kappa shape index (κ1) is 27.0. The molecule has 3 rings (SSSR count). The summed E-state index contributed by atoms with van der Waals surface area (Å²) in [6.07, 6.45) is 1.48. The fraction of sp³-hybridized carbons (Fsp3) is 0.739. The summed E-state index contributed by atoms with van der Waals surface area (Å²) in [5.74, 6) is 1.49. The van der Waals surface area contributed by atoms with Crippen LogP contribution in [0.4, 0.5) is 5.82 Å². The molecule has 11 heteroatoms. The second kappa shape index (κ2) is 13.5. The van der Waals surface area contributed by atoms with Crippen LogP contribution >= 0.6 is 23.4 Å². The van der Waals surface area contributed by atoms with E-state index >= 15 is 0 Å². The third-order valence-electron chi connectivity index (χ3n) is 5.92. The summed E-state index contributed by atoms with van der Waals surface area (Å²) in [6, 6.07) is 1.84. The van der Waals surface area contributed by atoms with Gasteiger partial charge in [0.25, 0.3) is 0 Å². The second-order valence-corrected chi connectivity index (χ2v) is 10.6. The number of piperazine rings is 1. The molecule has 0 saturated carbocycles. The van der Waals surface area contributed by atoms with Gasteiger partial charge in [-0.2, -0.15) is 0 Å². The van der Waals surface area contributed by atoms with E-state index in [0.29, 0.717) is 48.8 Å². The van der Waals surface area contributed by atoms with E-state index in [1.165, 1.54) is 11.8 Å². The van der Waals surface area contributed by atoms with Gasteiger partial charge >= 0.3 is 0 Å². The zero-order valence-electron chi connectivity index (χ0n) is 20.5. The molecule has 190 valence electrons. The topological polar surface area (TPSA) is 90.9 Å². The van der Waals surface area contributed by atoms with Crippen molar-refractivity contribution in [2.75, 3.05) is 69.7 Å². The van der Waals surface area contributed by atoms with Gasteiger partial charge in [0.05, 0.1) is 19.0 Å². The Morgan fingerprint density at radius 2 is 2.00 bits per heavy atom. The highest BCUT2D eigenvalue weighted by molar-refractivity contribution is 7.99. The molecule has 2 saturated heterocycles. The van der Waals surface area contributed by atoms with E-state index in [2.05, 4.69) is 45.9 Å². The predicted molar refractivity (Wildman–Crippen MR) is 135 cm³/mol. The lowest BCUT2D eigenvalue weighted by Gasteiger charge is -2.40. The number of nitrogens with zero attached hydrogens (tertiary/aromatic N) is 5. The second-order valence-electron chi connectivity index (χ2n) is 9.26. The SMILES string of the molecule is CC(C)CC(=O)N1CCN(c2cc(Cl)nc(SCC(=O)NCCCN3CCOCC3)n2)CC1C. The summed E-state index contributed by atoms with van der Waals surface area (Å²) in [6.45, 7) is 13.3. The zero-order valence-corrected chi connectivity index (χ0v) is 22.0. The first-order chi connectivity index (χ1) is 16.3. The maximum Gasteiger partial charge on any atom is 0.230 e. The van der Waals surface area contributed by atoms with Gasteiger partial charge in [0.15, 0.2) is 5.16 Å². The van der Waals surface area contributed by atoms with E-state index in [-0.39, 0.29) is 23.6 Å². The van der Waals surface area contributed by atoms with Gasteiger partial charge < -0.3 is 19.9 Å². The Morgan fingerprint density at radius 3 is 2.71 bits per heavy atom. The number of morpholine rings is 1. The molecule has 1 aromatic rings. The zero-order chi connectivity index (χ0) is 24.5. The van der Waals surface area contributed by atoms with Gasteiger partial charge in [-0.1, -0.05) is 37.2 Å². The molecule has 1 aromatic heterocycles. The summed E-state index contributed by atoms with van der Waals surface area (Å²) in [5, 5.41) is 3.80. The Labute approximate surface area is 211 Å². The highest BCUT2D eigenvalue weighted by atomic mass is 35.5. The van der Waals surface area contributed by atoms with Crippen molar-refractivity contribution in [1.82, 2.24) is 25.1 Å². The molecule has 34 heavy (non-hydrogen) atoms. The van der Waals surface area contributed by atoms with Gasteiger partial charge in [-0.05, 0) is 25.8 Å².